The predicted molar refractivity (Wildman–Crippen MR) is 177 cm³/mol. The normalized spacial score (nSPS) is 18.1. The Morgan fingerprint density at radius 3 is 2.23 bits per heavy atom. The van der Waals surface area contributed by atoms with E-state index in [1.54, 1.807) is 42.5 Å². The van der Waals surface area contributed by atoms with E-state index in [-0.39, 0.29) is 30.8 Å². The summed E-state index contributed by atoms with van der Waals surface area (Å²) in [5, 5.41) is 24.5. The minimum atomic E-state index is -0.986. The summed E-state index contributed by atoms with van der Waals surface area (Å²) < 4.78 is 17.7. The molecule has 0 bridgehead atoms. The molecule has 0 radical (unpaired) electrons. The molecule has 0 spiro atoms. The number of anilines is 1. The number of carboxylic acids is 1. The number of carboxylic acid groups (broad SMARTS) is 1. The van der Waals surface area contributed by atoms with Crippen LogP contribution in [0.2, 0.25) is 0 Å². The molecule has 1 aliphatic heterocycles. The average Bonchev–Trinajstić information content (AvgIpc) is 3.10. The van der Waals surface area contributed by atoms with Crippen molar-refractivity contribution in [2.75, 3.05) is 18.2 Å². The number of carbonyl (C=O) groups is 3. The first-order chi connectivity index (χ1) is 22.8. The standard InChI is InChI=1S/C36H36N2O8S/c1-44-34(42)30(19-23-7-3-2-4-8-23)38-36(43)37-27-17-15-26(16-18-27)35-45-28(22-47-32-10-6-5-9-29(32)33(40)41)20-31(46-35)25-13-11-24(21-39)12-14-25/h2-18,28,30-31,35,39H,19-22H2,1H3,(H,40,41)(H2,37,38,43)/t28-,30+,31+,35+/m1/s1. The molecule has 5 rings (SSSR count). The van der Waals surface area contributed by atoms with Crippen molar-refractivity contribution in [1.29, 1.82) is 0 Å². The van der Waals surface area contributed by atoms with E-state index in [0.717, 1.165) is 22.3 Å². The molecule has 10 nitrogen and oxygen atoms in total. The molecular weight excluding hydrogens is 620 g/mol. The summed E-state index contributed by atoms with van der Waals surface area (Å²) in [7, 11) is 1.28. The smallest absolute Gasteiger partial charge is 0.336 e. The van der Waals surface area contributed by atoms with Gasteiger partial charge in [0, 0.05) is 34.7 Å². The van der Waals surface area contributed by atoms with Crippen LogP contribution in [0, 0.1) is 0 Å². The Kier molecular flexibility index (Phi) is 11.6. The van der Waals surface area contributed by atoms with Crippen LogP contribution < -0.4 is 10.6 Å². The maximum Gasteiger partial charge on any atom is 0.336 e. The predicted octanol–water partition coefficient (Wildman–Crippen LogP) is 6.12. The van der Waals surface area contributed by atoms with Gasteiger partial charge in [-0.15, -0.1) is 11.8 Å². The average molecular weight is 657 g/mol. The molecule has 1 saturated heterocycles. The maximum absolute atomic E-state index is 12.8. The molecule has 0 saturated carbocycles. The van der Waals surface area contributed by atoms with E-state index in [9.17, 15) is 24.6 Å². The first kappa shape index (κ1) is 33.7. The van der Waals surface area contributed by atoms with Crippen LogP contribution in [0.3, 0.4) is 0 Å². The van der Waals surface area contributed by atoms with Gasteiger partial charge in [-0.2, -0.15) is 0 Å². The van der Waals surface area contributed by atoms with Crippen LogP contribution in [0.25, 0.3) is 0 Å². The van der Waals surface area contributed by atoms with Gasteiger partial charge < -0.3 is 35.1 Å². The highest BCUT2D eigenvalue weighted by molar-refractivity contribution is 7.99. The van der Waals surface area contributed by atoms with Gasteiger partial charge in [-0.25, -0.2) is 14.4 Å². The van der Waals surface area contributed by atoms with Gasteiger partial charge in [0.05, 0.1) is 31.5 Å². The quantitative estimate of drug-likeness (QED) is 0.105. The highest BCUT2D eigenvalue weighted by Gasteiger charge is 2.32. The third-order valence-electron chi connectivity index (χ3n) is 7.67. The van der Waals surface area contributed by atoms with E-state index >= 15 is 0 Å². The first-order valence-electron chi connectivity index (χ1n) is 15.1. The van der Waals surface area contributed by atoms with E-state index in [2.05, 4.69) is 10.6 Å². The Morgan fingerprint density at radius 1 is 0.872 bits per heavy atom. The molecule has 0 aromatic heterocycles. The van der Waals surface area contributed by atoms with Gasteiger partial charge in [-0.05, 0) is 41.0 Å². The number of rotatable bonds is 12. The lowest BCUT2D eigenvalue weighted by molar-refractivity contribution is -0.245. The number of esters is 1. The molecule has 4 atom stereocenters. The number of urea groups is 1. The number of methoxy groups -OCH3 is 1. The Bertz CT molecular complexity index is 1650. The minimum absolute atomic E-state index is 0.0609. The molecular formula is C36H36N2O8S. The fourth-order valence-corrected chi connectivity index (χ4v) is 6.27. The number of thioether (sulfide) groups is 1. The van der Waals surface area contributed by atoms with Crippen LogP contribution in [-0.4, -0.2) is 53.2 Å². The van der Waals surface area contributed by atoms with Crippen molar-refractivity contribution in [2.45, 2.75) is 48.9 Å². The third kappa shape index (κ3) is 9.20. The number of hydrogen-bond donors (Lipinski definition) is 4. The lowest BCUT2D eigenvalue weighted by Gasteiger charge is -2.36. The van der Waals surface area contributed by atoms with E-state index in [1.807, 2.05) is 60.7 Å². The number of ether oxygens (including phenoxy) is 3. The summed E-state index contributed by atoms with van der Waals surface area (Å²) in [6.07, 6.45) is -0.496. The molecule has 1 aliphatic rings. The molecule has 0 unspecified atom stereocenters. The van der Waals surface area contributed by atoms with Crippen LogP contribution in [0.4, 0.5) is 10.5 Å². The summed E-state index contributed by atoms with van der Waals surface area (Å²) in [5.74, 6) is -1.04. The number of hydrogen-bond acceptors (Lipinski definition) is 8. The molecule has 11 heteroatoms. The number of aliphatic hydroxyl groups excluding tert-OH is 1. The Hall–Kier alpha value is -4.68. The minimum Gasteiger partial charge on any atom is -0.478 e. The fourth-order valence-electron chi connectivity index (χ4n) is 5.21. The maximum atomic E-state index is 12.8. The number of amides is 2. The molecule has 4 aromatic carbocycles. The largest absolute Gasteiger partial charge is 0.478 e. The molecule has 0 aliphatic carbocycles. The number of aliphatic hydroxyl groups is 1. The summed E-state index contributed by atoms with van der Waals surface area (Å²) >= 11 is 1.42. The van der Waals surface area contributed by atoms with E-state index in [4.69, 9.17) is 14.2 Å². The van der Waals surface area contributed by atoms with Crippen molar-refractivity contribution in [3.05, 3.63) is 131 Å². The van der Waals surface area contributed by atoms with Gasteiger partial charge in [-0.1, -0.05) is 78.9 Å². The zero-order valence-electron chi connectivity index (χ0n) is 25.7. The summed E-state index contributed by atoms with van der Waals surface area (Å²) in [5.41, 5.74) is 4.07. The van der Waals surface area contributed by atoms with Crippen molar-refractivity contribution in [3.63, 3.8) is 0 Å². The Morgan fingerprint density at radius 2 is 1.55 bits per heavy atom. The van der Waals surface area contributed by atoms with E-state index in [1.165, 1.54) is 18.9 Å². The molecule has 4 N–H and O–H groups in total. The van der Waals surface area contributed by atoms with Crippen LogP contribution in [0.15, 0.2) is 108 Å². The fraction of sp³-hybridized carbons (Fsp3) is 0.250. The number of carbonyl (C=O) groups excluding carboxylic acids is 2. The number of nitrogens with one attached hydrogen (secondary N) is 2. The van der Waals surface area contributed by atoms with Crippen LogP contribution >= 0.6 is 11.8 Å². The lowest BCUT2D eigenvalue weighted by atomic mass is 10.0. The monoisotopic (exact) mass is 656 g/mol. The molecule has 1 heterocycles. The second-order valence-electron chi connectivity index (χ2n) is 10.9. The van der Waals surface area contributed by atoms with Gasteiger partial charge in [-0.3, -0.25) is 0 Å². The second kappa shape index (κ2) is 16.2. The van der Waals surface area contributed by atoms with Crippen LogP contribution in [0.1, 0.15) is 51.4 Å². The zero-order chi connectivity index (χ0) is 33.2. The topological polar surface area (TPSA) is 143 Å². The van der Waals surface area contributed by atoms with E-state index in [0.29, 0.717) is 22.8 Å². The van der Waals surface area contributed by atoms with E-state index < -0.39 is 30.3 Å². The van der Waals surface area contributed by atoms with Crippen LogP contribution in [-0.2, 0) is 32.0 Å². The van der Waals surface area contributed by atoms with Crippen molar-refractivity contribution in [1.82, 2.24) is 5.32 Å². The number of benzene rings is 4. The Labute approximate surface area is 277 Å². The van der Waals surface area contributed by atoms with Crippen molar-refractivity contribution >= 4 is 35.4 Å². The lowest BCUT2D eigenvalue weighted by Crippen LogP contribution is -2.45. The first-order valence-corrected chi connectivity index (χ1v) is 16.1. The van der Waals surface area contributed by atoms with Crippen molar-refractivity contribution in [2.24, 2.45) is 0 Å². The molecule has 47 heavy (non-hydrogen) atoms. The summed E-state index contributed by atoms with van der Waals surface area (Å²) in [6, 6.07) is 29.4. The SMILES string of the molecule is COC(=O)[C@H](Cc1ccccc1)NC(=O)Nc1ccc([C@H]2O[C@@H](CSc3ccccc3C(=O)O)C[C@@H](c3ccc(CO)cc3)O2)cc1. The van der Waals surface area contributed by atoms with Gasteiger partial charge in [0.15, 0.2) is 6.29 Å². The van der Waals surface area contributed by atoms with Gasteiger partial charge in [0.25, 0.3) is 0 Å². The highest BCUT2D eigenvalue weighted by atomic mass is 32.2. The van der Waals surface area contributed by atoms with Crippen molar-refractivity contribution in [3.8, 4) is 0 Å². The summed E-state index contributed by atoms with van der Waals surface area (Å²) in [6.45, 7) is -0.0609. The van der Waals surface area contributed by atoms with Crippen LogP contribution in [0.5, 0.6) is 0 Å². The number of aromatic carboxylic acids is 1. The second-order valence-corrected chi connectivity index (χ2v) is 12.0. The van der Waals surface area contributed by atoms with Gasteiger partial charge in [0.1, 0.15) is 6.04 Å². The molecule has 2 amide bonds. The third-order valence-corrected chi connectivity index (χ3v) is 8.88. The zero-order valence-corrected chi connectivity index (χ0v) is 26.5. The van der Waals surface area contributed by atoms with Gasteiger partial charge in [0.2, 0.25) is 0 Å². The highest BCUT2D eigenvalue weighted by Crippen LogP contribution is 2.40. The summed E-state index contributed by atoms with van der Waals surface area (Å²) in [4.78, 5) is 37.6. The van der Waals surface area contributed by atoms with Crippen molar-refractivity contribution < 1.29 is 38.8 Å². The molecule has 1 fully saturated rings. The Balaban J connectivity index is 1.27. The molecule has 4 aromatic rings. The van der Waals surface area contributed by atoms with Gasteiger partial charge >= 0.3 is 18.0 Å². The molecule has 244 valence electrons.